The lowest BCUT2D eigenvalue weighted by Crippen LogP contribution is -2.46. The van der Waals surface area contributed by atoms with E-state index < -0.39 is 31.5 Å². The predicted octanol–water partition coefficient (Wildman–Crippen LogP) is 4.99. The van der Waals surface area contributed by atoms with Crippen molar-refractivity contribution in [2.24, 2.45) is 11.0 Å². The van der Waals surface area contributed by atoms with Gasteiger partial charge in [0, 0.05) is 74.3 Å². The van der Waals surface area contributed by atoms with Gasteiger partial charge in [-0.1, -0.05) is 6.92 Å². The molecule has 1 N–H and O–H groups in total. The number of rotatable bonds is 12. The molecule has 2 saturated heterocycles. The van der Waals surface area contributed by atoms with E-state index in [0.717, 1.165) is 44.0 Å². The van der Waals surface area contributed by atoms with Crippen LogP contribution in [0, 0.1) is 26.1 Å². The van der Waals surface area contributed by atoms with Crippen LogP contribution in [0.15, 0.2) is 46.4 Å². The van der Waals surface area contributed by atoms with Crippen molar-refractivity contribution in [1.29, 1.82) is 0 Å². The van der Waals surface area contributed by atoms with Gasteiger partial charge in [0.1, 0.15) is 4.90 Å². The fourth-order valence-electron chi connectivity index (χ4n) is 6.16. The quantitative estimate of drug-likeness (QED) is 0.190. The number of piperidine rings is 2. The molecule has 244 valence electrons. The summed E-state index contributed by atoms with van der Waals surface area (Å²) >= 11 is 0. The van der Waals surface area contributed by atoms with Crippen LogP contribution in [0.5, 0.6) is 0 Å². The molecule has 14 nitrogen and oxygen atoms in total. The summed E-state index contributed by atoms with van der Waals surface area (Å²) in [6, 6.07) is 8.31. The number of non-ortho nitro benzene ring substituents is 2. The van der Waals surface area contributed by atoms with Crippen molar-refractivity contribution in [2.75, 3.05) is 43.0 Å². The van der Waals surface area contributed by atoms with Crippen LogP contribution < -0.4 is 10.3 Å². The average molecular weight is 644 g/mol. The van der Waals surface area contributed by atoms with Crippen molar-refractivity contribution in [3.63, 3.8) is 0 Å². The molecule has 2 fully saturated rings. The summed E-state index contributed by atoms with van der Waals surface area (Å²) in [5.74, 6) is -0.635. The Bertz CT molecular complexity index is 1550. The molecule has 2 aromatic carbocycles. The zero-order valence-corrected chi connectivity index (χ0v) is 26.7. The largest absolute Gasteiger partial charge is 0.368 e. The fraction of sp³-hybridized carbons (Fsp3) is 0.533. The maximum Gasteiger partial charge on any atom is 0.270 e. The molecule has 0 unspecified atom stereocenters. The van der Waals surface area contributed by atoms with E-state index in [4.69, 9.17) is 0 Å². The molecule has 0 aliphatic carbocycles. The number of benzene rings is 2. The number of sulfonamides is 1. The second kappa shape index (κ2) is 14.8. The second-order valence-electron chi connectivity index (χ2n) is 11.3. The van der Waals surface area contributed by atoms with Gasteiger partial charge in [-0.2, -0.15) is 9.41 Å². The third kappa shape index (κ3) is 7.59. The molecule has 2 aliphatic heterocycles. The number of nitro benzene ring substituents is 2. The number of amides is 1. The third-order valence-electron chi connectivity index (χ3n) is 8.62. The minimum atomic E-state index is -4.28. The number of anilines is 2. The highest BCUT2D eigenvalue weighted by atomic mass is 32.2. The molecule has 0 saturated carbocycles. The van der Waals surface area contributed by atoms with Gasteiger partial charge in [-0.25, -0.2) is 8.42 Å². The first-order valence-electron chi connectivity index (χ1n) is 15.4. The van der Waals surface area contributed by atoms with Crippen LogP contribution in [0.2, 0.25) is 0 Å². The van der Waals surface area contributed by atoms with Gasteiger partial charge in [0.25, 0.3) is 11.4 Å². The topological polar surface area (TPSA) is 172 Å². The van der Waals surface area contributed by atoms with Crippen molar-refractivity contribution in [1.82, 2.24) is 9.21 Å². The van der Waals surface area contributed by atoms with Gasteiger partial charge in [-0.05, 0) is 64.5 Å². The highest BCUT2D eigenvalue weighted by Crippen LogP contribution is 2.33. The number of hydrogen-bond donors (Lipinski definition) is 1. The minimum absolute atomic E-state index is 0.00503. The van der Waals surface area contributed by atoms with Gasteiger partial charge in [0.05, 0.1) is 27.7 Å². The highest BCUT2D eigenvalue weighted by Gasteiger charge is 2.36. The molecule has 0 aromatic heterocycles. The van der Waals surface area contributed by atoms with Crippen LogP contribution >= 0.6 is 0 Å². The zero-order valence-electron chi connectivity index (χ0n) is 25.9. The lowest BCUT2D eigenvalue weighted by molar-refractivity contribution is -0.385. The van der Waals surface area contributed by atoms with Crippen molar-refractivity contribution in [2.45, 2.75) is 70.2 Å². The molecule has 15 heteroatoms. The Balaban J connectivity index is 1.67. The Morgan fingerprint density at radius 3 is 2.36 bits per heavy atom. The van der Waals surface area contributed by atoms with Crippen LogP contribution in [0.3, 0.4) is 0 Å². The van der Waals surface area contributed by atoms with E-state index in [1.54, 1.807) is 11.0 Å². The number of nitro groups is 2. The first-order valence-corrected chi connectivity index (χ1v) is 16.9. The number of carbonyl (C=O) groups is 1. The van der Waals surface area contributed by atoms with Crippen molar-refractivity contribution in [3.8, 4) is 0 Å². The Morgan fingerprint density at radius 1 is 1.00 bits per heavy atom. The van der Waals surface area contributed by atoms with E-state index in [1.807, 2.05) is 13.8 Å². The maximum atomic E-state index is 13.9. The van der Waals surface area contributed by atoms with Crippen LogP contribution in [0.1, 0.15) is 64.9 Å². The SMILES string of the molecule is CC[C@H]1CCCCN1c1ccc([N+](=O)[O-])cc1/C=N\Nc1ccc([N+](=O)[O-])cc1S(=O)(=O)N1CCC[C@H](C(=O)N(CC)CC)C1. The first-order chi connectivity index (χ1) is 21.5. The average Bonchev–Trinajstić information content (AvgIpc) is 3.05. The molecule has 4 rings (SSSR count). The van der Waals surface area contributed by atoms with E-state index >= 15 is 0 Å². The predicted molar refractivity (Wildman–Crippen MR) is 172 cm³/mol. The number of hydrogen-bond acceptors (Lipinski definition) is 10. The Kier molecular flexibility index (Phi) is 11.1. The molecule has 0 spiro atoms. The summed E-state index contributed by atoms with van der Waals surface area (Å²) in [5, 5.41) is 27.4. The van der Waals surface area contributed by atoms with Crippen LogP contribution in [-0.4, -0.2) is 78.4 Å². The molecule has 0 bridgehead atoms. The molecule has 2 heterocycles. The number of hydrazone groups is 1. The summed E-state index contributed by atoms with van der Waals surface area (Å²) in [6.07, 6.45) is 6.43. The summed E-state index contributed by atoms with van der Waals surface area (Å²) in [6.45, 7) is 7.79. The van der Waals surface area contributed by atoms with Crippen molar-refractivity contribution >= 4 is 44.9 Å². The van der Waals surface area contributed by atoms with Crippen molar-refractivity contribution in [3.05, 3.63) is 62.2 Å². The lowest BCUT2D eigenvalue weighted by atomic mass is 9.98. The van der Waals surface area contributed by atoms with Gasteiger partial charge in [-0.15, -0.1) is 0 Å². The van der Waals surface area contributed by atoms with E-state index in [2.05, 4.69) is 22.4 Å². The summed E-state index contributed by atoms with van der Waals surface area (Å²) < 4.78 is 29.1. The normalized spacial score (nSPS) is 19.4. The van der Waals surface area contributed by atoms with E-state index in [9.17, 15) is 33.4 Å². The highest BCUT2D eigenvalue weighted by molar-refractivity contribution is 7.89. The molecule has 0 radical (unpaired) electrons. The second-order valence-corrected chi connectivity index (χ2v) is 13.2. The van der Waals surface area contributed by atoms with Crippen molar-refractivity contribution < 1.29 is 23.1 Å². The Morgan fingerprint density at radius 2 is 1.69 bits per heavy atom. The lowest BCUT2D eigenvalue weighted by Gasteiger charge is -2.38. The summed E-state index contributed by atoms with van der Waals surface area (Å²) in [5.41, 5.74) is 3.48. The molecule has 1 amide bonds. The minimum Gasteiger partial charge on any atom is -0.368 e. The van der Waals surface area contributed by atoms with Crippen LogP contribution in [0.4, 0.5) is 22.7 Å². The first kappa shape index (κ1) is 33.8. The monoisotopic (exact) mass is 643 g/mol. The number of nitrogens with zero attached hydrogens (tertiary/aromatic N) is 6. The third-order valence-corrected chi connectivity index (χ3v) is 10.5. The Hall–Kier alpha value is -4.11. The van der Waals surface area contributed by atoms with Gasteiger partial charge in [0.15, 0.2) is 0 Å². The smallest absolute Gasteiger partial charge is 0.270 e. The number of carbonyl (C=O) groups excluding carboxylic acids is 1. The molecule has 2 aromatic rings. The molecule has 2 aliphatic rings. The van der Waals surface area contributed by atoms with Crippen LogP contribution in [-0.2, 0) is 14.8 Å². The number of nitrogens with one attached hydrogen (secondary N) is 1. The summed E-state index contributed by atoms with van der Waals surface area (Å²) in [7, 11) is -4.28. The van der Waals surface area contributed by atoms with Gasteiger partial charge >= 0.3 is 0 Å². The van der Waals surface area contributed by atoms with Gasteiger partial charge in [0.2, 0.25) is 15.9 Å². The Labute approximate surface area is 263 Å². The molecular weight excluding hydrogens is 602 g/mol. The van der Waals surface area contributed by atoms with E-state index in [1.165, 1.54) is 34.8 Å². The maximum absolute atomic E-state index is 13.9. The van der Waals surface area contributed by atoms with E-state index in [0.29, 0.717) is 31.5 Å². The van der Waals surface area contributed by atoms with Crippen LogP contribution in [0.25, 0.3) is 0 Å². The van der Waals surface area contributed by atoms with E-state index in [-0.39, 0.29) is 41.3 Å². The van der Waals surface area contributed by atoms with Gasteiger partial charge < -0.3 is 9.80 Å². The van der Waals surface area contributed by atoms with Gasteiger partial charge in [-0.3, -0.25) is 30.4 Å². The summed E-state index contributed by atoms with van der Waals surface area (Å²) in [4.78, 5) is 38.6. The zero-order chi connectivity index (χ0) is 32.7. The molecule has 45 heavy (non-hydrogen) atoms. The molecule has 2 atom stereocenters. The molecular formula is C30H41N7O7S. The fourth-order valence-corrected chi connectivity index (χ4v) is 7.84. The standard InChI is InChI=1S/C30H41N7O7S/c1-4-24-11-7-8-17-35(24)28-15-13-25(36(39)40)18-23(28)20-31-32-27-14-12-26(37(41)42)19-29(27)45(43,44)34-16-9-10-22(21-34)30(38)33(5-2)6-3/h12-15,18-20,22,24,32H,4-11,16-17,21H2,1-3H3/b31-20-/t22-,24-/m0/s1.